The summed E-state index contributed by atoms with van der Waals surface area (Å²) in [5.41, 5.74) is 6.03. The molecular weight excluding hydrogens is 398 g/mol. The van der Waals surface area contributed by atoms with Crippen LogP contribution in [0.4, 0.5) is 0 Å². The van der Waals surface area contributed by atoms with Crippen LogP contribution in [0.3, 0.4) is 0 Å². The molecule has 0 N–H and O–H groups in total. The van der Waals surface area contributed by atoms with Crippen molar-refractivity contribution in [1.82, 2.24) is 4.90 Å². The molecule has 0 amide bonds. The van der Waals surface area contributed by atoms with Crippen molar-refractivity contribution < 1.29 is 0 Å². The Hall–Kier alpha value is -1.31. The maximum atomic E-state index is 6.80. The van der Waals surface area contributed by atoms with Crippen molar-refractivity contribution >= 4 is 11.6 Å². The molecule has 4 atom stereocenters. The average molecular weight is 436 g/mol. The second-order valence-corrected chi connectivity index (χ2v) is 10.8. The minimum absolute atomic E-state index is 0.663. The number of likely N-dealkylation sites (tertiary alicyclic amines) is 1. The van der Waals surface area contributed by atoms with Crippen LogP contribution in [0.1, 0.15) is 105 Å². The molecular formula is C29H38ClN. The number of hydrogen-bond donors (Lipinski definition) is 0. The Morgan fingerprint density at radius 2 is 1.71 bits per heavy atom. The van der Waals surface area contributed by atoms with E-state index in [1.54, 1.807) is 11.1 Å². The lowest BCUT2D eigenvalue weighted by Gasteiger charge is -2.39. The maximum absolute atomic E-state index is 6.80. The highest BCUT2D eigenvalue weighted by Gasteiger charge is 2.46. The average Bonchev–Trinajstić information content (AvgIpc) is 3.60. The summed E-state index contributed by atoms with van der Waals surface area (Å²) in [6, 6.07) is 17.6. The first-order chi connectivity index (χ1) is 15.2. The zero-order valence-corrected chi connectivity index (χ0v) is 20.1. The van der Waals surface area contributed by atoms with Crippen LogP contribution >= 0.6 is 11.6 Å². The van der Waals surface area contributed by atoms with E-state index in [-0.39, 0.29) is 0 Å². The van der Waals surface area contributed by atoms with Gasteiger partial charge in [0.25, 0.3) is 0 Å². The van der Waals surface area contributed by atoms with Gasteiger partial charge >= 0.3 is 0 Å². The summed E-state index contributed by atoms with van der Waals surface area (Å²) >= 11 is 6.80. The molecule has 0 bridgehead atoms. The van der Waals surface area contributed by atoms with Gasteiger partial charge in [-0.2, -0.15) is 0 Å². The van der Waals surface area contributed by atoms with E-state index < -0.39 is 0 Å². The Morgan fingerprint density at radius 1 is 0.903 bits per heavy atom. The highest BCUT2D eigenvalue weighted by molar-refractivity contribution is 6.31. The highest BCUT2D eigenvalue weighted by Crippen LogP contribution is 2.49. The van der Waals surface area contributed by atoms with Crippen LogP contribution in [-0.4, -0.2) is 23.5 Å². The molecule has 166 valence electrons. The third kappa shape index (κ3) is 4.46. The van der Waals surface area contributed by atoms with E-state index in [0.717, 1.165) is 17.4 Å². The molecule has 2 aromatic carbocycles. The first-order valence-corrected chi connectivity index (χ1v) is 13.2. The van der Waals surface area contributed by atoms with Crippen molar-refractivity contribution in [2.45, 2.75) is 101 Å². The van der Waals surface area contributed by atoms with Crippen LogP contribution in [0.2, 0.25) is 5.02 Å². The van der Waals surface area contributed by atoms with Gasteiger partial charge in [0.1, 0.15) is 0 Å². The lowest BCUT2D eigenvalue weighted by molar-refractivity contribution is 0.135. The van der Waals surface area contributed by atoms with Gasteiger partial charge in [-0.1, -0.05) is 74.2 Å². The van der Waals surface area contributed by atoms with E-state index in [4.69, 9.17) is 11.6 Å². The SMILES string of the molecule is CCc1ccccc1C1CCN(C2CC2c2ccc(C3CCCCC3)c(Cl)c2)C(C)C1. The standard InChI is InChI=1S/C29H38ClN/c1-3-21-9-7-8-12-25(21)24-15-16-31(20(2)17-24)29-19-27(29)23-13-14-26(28(30)18-23)22-10-5-4-6-11-22/h7-9,12-14,18,20,22,24,27,29H,3-6,10-11,15-17,19H2,1-2H3. The molecule has 3 fully saturated rings. The molecule has 0 radical (unpaired) electrons. The van der Waals surface area contributed by atoms with Gasteiger partial charge in [-0.05, 0) is 92.1 Å². The first kappa shape index (κ1) is 21.5. The van der Waals surface area contributed by atoms with Gasteiger partial charge in [-0.15, -0.1) is 0 Å². The zero-order chi connectivity index (χ0) is 21.4. The molecule has 0 aromatic heterocycles. The van der Waals surface area contributed by atoms with Gasteiger partial charge in [0.05, 0.1) is 0 Å². The van der Waals surface area contributed by atoms with Crippen LogP contribution < -0.4 is 0 Å². The van der Waals surface area contributed by atoms with E-state index >= 15 is 0 Å². The minimum Gasteiger partial charge on any atom is -0.297 e. The Morgan fingerprint density at radius 3 is 2.45 bits per heavy atom. The molecule has 1 nitrogen and oxygen atoms in total. The number of nitrogens with zero attached hydrogens (tertiary/aromatic N) is 1. The number of benzene rings is 2. The summed E-state index contributed by atoms with van der Waals surface area (Å²) in [5, 5.41) is 1.03. The van der Waals surface area contributed by atoms with Gasteiger partial charge in [-0.3, -0.25) is 4.90 Å². The summed E-state index contributed by atoms with van der Waals surface area (Å²) in [6.07, 6.45) is 11.8. The largest absolute Gasteiger partial charge is 0.297 e. The fraction of sp³-hybridized carbons (Fsp3) is 0.586. The molecule has 2 aromatic rings. The summed E-state index contributed by atoms with van der Waals surface area (Å²) in [7, 11) is 0. The third-order valence-electron chi connectivity index (χ3n) is 8.48. The van der Waals surface area contributed by atoms with Crippen LogP contribution in [0, 0.1) is 0 Å². The molecule has 3 aliphatic rings. The Labute approximate surface area is 194 Å². The Bertz CT molecular complexity index is 899. The predicted octanol–water partition coefficient (Wildman–Crippen LogP) is 8.07. The molecule has 1 aliphatic heterocycles. The van der Waals surface area contributed by atoms with Gasteiger partial charge in [0.15, 0.2) is 0 Å². The predicted molar refractivity (Wildman–Crippen MR) is 132 cm³/mol. The summed E-state index contributed by atoms with van der Waals surface area (Å²) in [5.74, 6) is 2.10. The van der Waals surface area contributed by atoms with Crippen molar-refractivity contribution in [2.24, 2.45) is 0 Å². The first-order valence-electron chi connectivity index (χ1n) is 12.8. The molecule has 2 heteroatoms. The van der Waals surface area contributed by atoms with E-state index in [2.05, 4.69) is 61.2 Å². The normalized spacial score (nSPS) is 29.8. The quantitative estimate of drug-likeness (QED) is 0.458. The third-order valence-corrected chi connectivity index (χ3v) is 8.81. The van der Waals surface area contributed by atoms with E-state index in [9.17, 15) is 0 Å². The van der Waals surface area contributed by atoms with Crippen LogP contribution in [0.15, 0.2) is 42.5 Å². The van der Waals surface area contributed by atoms with Crippen molar-refractivity contribution in [1.29, 1.82) is 0 Å². The van der Waals surface area contributed by atoms with Crippen molar-refractivity contribution in [3.63, 3.8) is 0 Å². The highest BCUT2D eigenvalue weighted by atomic mass is 35.5. The molecule has 2 aliphatic carbocycles. The second kappa shape index (κ2) is 9.28. The van der Waals surface area contributed by atoms with E-state index in [0.29, 0.717) is 23.9 Å². The lowest BCUT2D eigenvalue weighted by Crippen LogP contribution is -2.42. The summed E-state index contributed by atoms with van der Waals surface area (Å²) in [4.78, 5) is 2.80. The molecule has 31 heavy (non-hydrogen) atoms. The smallest absolute Gasteiger partial charge is 0.0443 e. The minimum atomic E-state index is 0.663. The fourth-order valence-corrected chi connectivity index (χ4v) is 6.99. The number of hydrogen-bond acceptors (Lipinski definition) is 1. The van der Waals surface area contributed by atoms with E-state index in [1.165, 1.54) is 69.0 Å². The van der Waals surface area contributed by atoms with Gasteiger partial charge in [0.2, 0.25) is 0 Å². The van der Waals surface area contributed by atoms with Crippen molar-refractivity contribution in [2.75, 3.05) is 6.54 Å². The number of piperidine rings is 1. The molecule has 5 rings (SSSR count). The van der Waals surface area contributed by atoms with Crippen molar-refractivity contribution in [3.05, 3.63) is 69.7 Å². The monoisotopic (exact) mass is 435 g/mol. The lowest BCUT2D eigenvalue weighted by atomic mass is 9.83. The summed E-state index contributed by atoms with van der Waals surface area (Å²) in [6.45, 7) is 5.98. The van der Waals surface area contributed by atoms with E-state index in [1.807, 2.05) is 0 Å². The number of rotatable bonds is 5. The Kier molecular flexibility index (Phi) is 6.44. The van der Waals surface area contributed by atoms with Crippen LogP contribution in [0.25, 0.3) is 0 Å². The van der Waals surface area contributed by atoms with Crippen LogP contribution in [-0.2, 0) is 6.42 Å². The molecule has 4 unspecified atom stereocenters. The van der Waals surface area contributed by atoms with Gasteiger partial charge in [-0.25, -0.2) is 0 Å². The Balaban J connectivity index is 1.23. The fourth-order valence-electron chi connectivity index (χ4n) is 6.64. The van der Waals surface area contributed by atoms with Crippen LogP contribution in [0.5, 0.6) is 0 Å². The maximum Gasteiger partial charge on any atom is 0.0443 e. The number of halogens is 1. The molecule has 1 heterocycles. The molecule has 2 saturated carbocycles. The zero-order valence-electron chi connectivity index (χ0n) is 19.3. The van der Waals surface area contributed by atoms with Gasteiger partial charge < -0.3 is 0 Å². The van der Waals surface area contributed by atoms with Crippen molar-refractivity contribution in [3.8, 4) is 0 Å². The molecule has 1 saturated heterocycles. The molecule has 0 spiro atoms. The summed E-state index contributed by atoms with van der Waals surface area (Å²) < 4.78 is 0. The second-order valence-electron chi connectivity index (χ2n) is 10.4. The topological polar surface area (TPSA) is 3.24 Å². The van der Waals surface area contributed by atoms with Gasteiger partial charge in [0, 0.05) is 23.0 Å². The number of aryl methyl sites for hydroxylation is 1.